The molecule has 132 valence electrons. The summed E-state index contributed by atoms with van der Waals surface area (Å²) >= 11 is 0. The van der Waals surface area contributed by atoms with Crippen LogP contribution < -0.4 is 10.1 Å². The maximum absolute atomic E-state index is 12.6. The van der Waals surface area contributed by atoms with Crippen LogP contribution in [0.4, 0.5) is 5.69 Å². The van der Waals surface area contributed by atoms with Crippen molar-refractivity contribution in [2.24, 2.45) is 17.8 Å². The Bertz CT molecular complexity index is 887. The van der Waals surface area contributed by atoms with Gasteiger partial charge in [-0.3, -0.25) is 4.79 Å². The molecular formula is C21H21N3O2. The fourth-order valence-electron chi connectivity index (χ4n) is 4.30. The molecule has 2 bridgehead atoms. The molecule has 1 heterocycles. The fourth-order valence-corrected chi connectivity index (χ4v) is 4.30. The van der Waals surface area contributed by atoms with Gasteiger partial charge in [-0.2, -0.15) is 5.26 Å². The van der Waals surface area contributed by atoms with Gasteiger partial charge in [0.15, 0.2) is 0 Å². The normalized spacial score (nSPS) is 23.5. The molecule has 2 saturated carbocycles. The number of aryl methyl sites for hydroxylation is 1. The molecule has 0 aliphatic heterocycles. The second kappa shape index (κ2) is 6.80. The van der Waals surface area contributed by atoms with E-state index in [2.05, 4.69) is 16.4 Å². The van der Waals surface area contributed by atoms with Crippen LogP contribution >= 0.6 is 0 Å². The average molecular weight is 347 g/mol. The molecule has 1 amide bonds. The van der Waals surface area contributed by atoms with Crippen molar-refractivity contribution in [2.45, 2.75) is 32.6 Å². The monoisotopic (exact) mass is 347 g/mol. The largest absolute Gasteiger partial charge is 0.438 e. The summed E-state index contributed by atoms with van der Waals surface area (Å²) in [6, 6.07) is 10.9. The summed E-state index contributed by atoms with van der Waals surface area (Å²) in [5.74, 6) is 2.50. The summed E-state index contributed by atoms with van der Waals surface area (Å²) in [5.41, 5.74) is 2.12. The average Bonchev–Trinajstić information content (AvgIpc) is 3.28. The molecule has 2 aliphatic rings. The van der Waals surface area contributed by atoms with E-state index in [0.29, 0.717) is 17.2 Å². The van der Waals surface area contributed by atoms with Crippen LogP contribution in [-0.4, -0.2) is 10.9 Å². The third kappa shape index (κ3) is 3.15. The van der Waals surface area contributed by atoms with E-state index in [1.54, 1.807) is 24.4 Å². The zero-order valence-electron chi connectivity index (χ0n) is 14.7. The number of pyridine rings is 1. The molecule has 5 nitrogen and oxygen atoms in total. The molecule has 0 unspecified atom stereocenters. The first-order chi connectivity index (χ1) is 12.6. The lowest BCUT2D eigenvalue weighted by atomic mass is 9.88. The van der Waals surface area contributed by atoms with Crippen LogP contribution in [0.2, 0.25) is 0 Å². The van der Waals surface area contributed by atoms with Crippen molar-refractivity contribution < 1.29 is 9.53 Å². The highest BCUT2D eigenvalue weighted by Crippen LogP contribution is 2.48. The second-order valence-electron chi connectivity index (χ2n) is 7.32. The Kier molecular flexibility index (Phi) is 4.34. The molecule has 26 heavy (non-hydrogen) atoms. The SMILES string of the molecule is Cc1cc(Oc2ncccc2C#N)ccc1NC(=O)[C@H]1C[C@H]2CC[C@H]1C2. The topological polar surface area (TPSA) is 75.0 Å². The molecule has 0 saturated heterocycles. The predicted octanol–water partition coefficient (Wildman–Crippen LogP) is 4.43. The number of fused-ring (bicyclic) bond motifs is 2. The van der Waals surface area contributed by atoms with E-state index in [1.165, 1.54) is 19.3 Å². The molecule has 2 aliphatic carbocycles. The zero-order valence-corrected chi connectivity index (χ0v) is 14.7. The van der Waals surface area contributed by atoms with Crippen molar-refractivity contribution in [3.8, 4) is 17.7 Å². The van der Waals surface area contributed by atoms with Crippen molar-refractivity contribution in [1.29, 1.82) is 5.26 Å². The van der Waals surface area contributed by atoms with Gasteiger partial charge in [0, 0.05) is 17.8 Å². The van der Waals surface area contributed by atoms with E-state index < -0.39 is 0 Å². The molecule has 1 N–H and O–H groups in total. The summed E-state index contributed by atoms with van der Waals surface area (Å²) in [7, 11) is 0. The zero-order chi connectivity index (χ0) is 18.1. The molecule has 5 heteroatoms. The number of ether oxygens (including phenoxy) is 1. The maximum atomic E-state index is 12.6. The Morgan fingerprint density at radius 3 is 2.88 bits per heavy atom. The van der Waals surface area contributed by atoms with Crippen molar-refractivity contribution in [1.82, 2.24) is 4.98 Å². The van der Waals surface area contributed by atoms with Gasteiger partial charge in [0.25, 0.3) is 0 Å². The van der Waals surface area contributed by atoms with Crippen LogP contribution in [-0.2, 0) is 4.79 Å². The second-order valence-corrected chi connectivity index (χ2v) is 7.32. The number of nitrogens with one attached hydrogen (secondary N) is 1. The van der Waals surface area contributed by atoms with E-state index in [9.17, 15) is 4.79 Å². The fraction of sp³-hybridized carbons (Fsp3) is 0.381. The standard InChI is InChI=1S/C21H21N3O2/c1-13-9-17(26-21-16(12-22)3-2-8-23-21)6-7-19(13)24-20(25)18-11-14-4-5-15(18)10-14/h2-3,6-9,14-15,18H,4-5,10-11H2,1H3,(H,24,25)/t14-,15-,18-/m0/s1. The van der Waals surface area contributed by atoms with E-state index >= 15 is 0 Å². The first-order valence-electron chi connectivity index (χ1n) is 9.08. The lowest BCUT2D eigenvalue weighted by Gasteiger charge is -2.21. The Morgan fingerprint density at radius 2 is 2.19 bits per heavy atom. The summed E-state index contributed by atoms with van der Waals surface area (Å²) in [5, 5.41) is 12.2. The number of hydrogen-bond donors (Lipinski definition) is 1. The highest BCUT2D eigenvalue weighted by Gasteiger charge is 2.43. The number of amides is 1. The van der Waals surface area contributed by atoms with E-state index in [4.69, 9.17) is 10.00 Å². The molecule has 1 aromatic carbocycles. The van der Waals surface area contributed by atoms with Crippen LogP contribution in [0.3, 0.4) is 0 Å². The number of aromatic nitrogens is 1. The predicted molar refractivity (Wildman–Crippen MR) is 97.8 cm³/mol. The van der Waals surface area contributed by atoms with Gasteiger partial charge in [0.05, 0.1) is 0 Å². The number of carbonyl (C=O) groups excluding carboxylic acids is 1. The van der Waals surface area contributed by atoms with Gasteiger partial charge in [-0.05, 0) is 73.9 Å². The molecule has 0 radical (unpaired) electrons. The quantitative estimate of drug-likeness (QED) is 0.888. The molecular weight excluding hydrogens is 326 g/mol. The van der Waals surface area contributed by atoms with Crippen molar-refractivity contribution in [2.75, 3.05) is 5.32 Å². The summed E-state index contributed by atoms with van der Waals surface area (Å²) < 4.78 is 5.73. The highest BCUT2D eigenvalue weighted by molar-refractivity contribution is 5.93. The van der Waals surface area contributed by atoms with Crippen LogP contribution in [0.5, 0.6) is 11.6 Å². The third-order valence-corrected chi connectivity index (χ3v) is 5.64. The number of nitriles is 1. The molecule has 0 spiro atoms. The Hall–Kier alpha value is -2.87. The number of hydrogen-bond acceptors (Lipinski definition) is 4. The van der Waals surface area contributed by atoms with E-state index in [-0.39, 0.29) is 17.7 Å². The van der Waals surface area contributed by atoms with E-state index in [0.717, 1.165) is 23.6 Å². The number of anilines is 1. The van der Waals surface area contributed by atoms with E-state index in [1.807, 2.05) is 19.1 Å². The number of carbonyl (C=O) groups is 1. The Labute approximate surface area is 153 Å². The summed E-state index contributed by atoms with van der Waals surface area (Å²) in [6.07, 6.45) is 6.33. The molecule has 4 rings (SSSR count). The van der Waals surface area contributed by atoms with Gasteiger partial charge in [-0.15, -0.1) is 0 Å². The third-order valence-electron chi connectivity index (χ3n) is 5.64. The van der Waals surface area contributed by atoms with Gasteiger partial charge in [0.1, 0.15) is 17.4 Å². The lowest BCUT2D eigenvalue weighted by molar-refractivity contribution is -0.121. The molecule has 2 aromatic rings. The van der Waals surface area contributed by atoms with Crippen molar-refractivity contribution in [3.05, 3.63) is 47.7 Å². The highest BCUT2D eigenvalue weighted by atomic mass is 16.5. The number of nitrogens with zero attached hydrogens (tertiary/aromatic N) is 2. The first kappa shape index (κ1) is 16.6. The van der Waals surface area contributed by atoms with Gasteiger partial charge < -0.3 is 10.1 Å². The van der Waals surface area contributed by atoms with Crippen LogP contribution in [0.15, 0.2) is 36.5 Å². The van der Waals surface area contributed by atoms with Gasteiger partial charge >= 0.3 is 0 Å². The first-order valence-corrected chi connectivity index (χ1v) is 9.08. The van der Waals surface area contributed by atoms with Crippen LogP contribution in [0, 0.1) is 36.0 Å². The van der Waals surface area contributed by atoms with Crippen LogP contribution in [0.1, 0.15) is 36.8 Å². The number of benzene rings is 1. The smallest absolute Gasteiger partial charge is 0.237 e. The minimum absolute atomic E-state index is 0.144. The summed E-state index contributed by atoms with van der Waals surface area (Å²) in [6.45, 7) is 1.94. The summed E-state index contributed by atoms with van der Waals surface area (Å²) in [4.78, 5) is 16.7. The molecule has 2 fully saturated rings. The van der Waals surface area contributed by atoms with Crippen molar-refractivity contribution in [3.63, 3.8) is 0 Å². The maximum Gasteiger partial charge on any atom is 0.237 e. The van der Waals surface area contributed by atoms with Crippen molar-refractivity contribution >= 4 is 11.6 Å². The minimum Gasteiger partial charge on any atom is -0.438 e. The Balaban J connectivity index is 1.46. The Morgan fingerprint density at radius 1 is 1.31 bits per heavy atom. The van der Waals surface area contributed by atoms with Gasteiger partial charge in [0.2, 0.25) is 11.8 Å². The molecule has 1 aromatic heterocycles. The van der Waals surface area contributed by atoms with Gasteiger partial charge in [-0.25, -0.2) is 4.98 Å². The molecule has 3 atom stereocenters. The van der Waals surface area contributed by atoms with Gasteiger partial charge in [-0.1, -0.05) is 6.42 Å². The van der Waals surface area contributed by atoms with Crippen LogP contribution in [0.25, 0.3) is 0 Å². The minimum atomic E-state index is 0.144. The number of rotatable bonds is 4. The lowest BCUT2D eigenvalue weighted by Crippen LogP contribution is -2.27.